The van der Waals surface area contributed by atoms with Crippen LogP contribution in [0.2, 0.25) is 0 Å². The smallest absolute Gasteiger partial charge is 0.404 e. The van der Waals surface area contributed by atoms with E-state index in [0.717, 1.165) is 6.07 Å². The lowest BCUT2D eigenvalue weighted by Gasteiger charge is -2.08. The van der Waals surface area contributed by atoms with Crippen molar-refractivity contribution in [1.82, 2.24) is 0 Å². The standard InChI is InChI=1S/C7H10O7P2/c8-15(9,10)5-6-2-1-3-7(4-6)14-16(11,12)13/h1-4H,5H2,(H2,8,9,10)(H2,11,12,13). The molecule has 0 fully saturated rings. The first kappa shape index (κ1) is 13.4. The highest BCUT2D eigenvalue weighted by atomic mass is 31.2. The maximum atomic E-state index is 10.7. The van der Waals surface area contributed by atoms with Crippen LogP contribution >= 0.6 is 15.4 Å². The van der Waals surface area contributed by atoms with E-state index in [4.69, 9.17) is 19.6 Å². The first-order valence-electron chi connectivity index (χ1n) is 4.04. The quantitative estimate of drug-likeness (QED) is 0.596. The van der Waals surface area contributed by atoms with Gasteiger partial charge in [-0.25, -0.2) is 4.57 Å². The van der Waals surface area contributed by atoms with Crippen molar-refractivity contribution < 1.29 is 33.2 Å². The highest BCUT2D eigenvalue weighted by Gasteiger charge is 2.18. The molecule has 7 nitrogen and oxygen atoms in total. The summed E-state index contributed by atoms with van der Waals surface area (Å²) in [6.07, 6.45) is -0.509. The molecule has 0 bridgehead atoms. The topological polar surface area (TPSA) is 124 Å². The van der Waals surface area contributed by atoms with Gasteiger partial charge in [-0.3, -0.25) is 14.4 Å². The molecule has 9 heteroatoms. The Morgan fingerprint density at radius 1 is 1.12 bits per heavy atom. The molecule has 0 aromatic heterocycles. The lowest BCUT2D eigenvalue weighted by atomic mass is 10.2. The van der Waals surface area contributed by atoms with Crippen LogP contribution in [0, 0.1) is 0 Å². The van der Waals surface area contributed by atoms with Crippen molar-refractivity contribution in [3.63, 3.8) is 0 Å². The predicted molar refractivity (Wildman–Crippen MR) is 54.9 cm³/mol. The SMILES string of the molecule is O=P(O)(O)Cc1cccc(OP(=O)(O)O)c1. The van der Waals surface area contributed by atoms with Gasteiger partial charge in [0.1, 0.15) is 5.75 Å². The Morgan fingerprint density at radius 3 is 2.25 bits per heavy atom. The van der Waals surface area contributed by atoms with Gasteiger partial charge >= 0.3 is 15.4 Å². The normalized spacial score (nSPS) is 12.5. The summed E-state index contributed by atoms with van der Waals surface area (Å²) in [4.78, 5) is 34.5. The largest absolute Gasteiger partial charge is 0.524 e. The van der Waals surface area contributed by atoms with E-state index >= 15 is 0 Å². The highest BCUT2D eigenvalue weighted by molar-refractivity contribution is 7.50. The monoisotopic (exact) mass is 268 g/mol. The Balaban J connectivity index is 2.88. The van der Waals surface area contributed by atoms with Crippen LogP contribution in [0.5, 0.6) is 5.75 Å². The molecule has 1 rings (SSSR count). The van der Waals surface area contributed by atoms with Gasteiger partial charge in [-0.15, -0.1) is 0 Å². The highest BCUT2D eigenvalue weighted by Crippen LogP contribution is 2.41. The van der Waals surface area contributed by atoms with Crippen molar-refractivity contribution in [2.45, 2.75) is 6.16 Å². The molecule has 0 spiro atoms. The Hall–Kier alpha value is -0.680. The van der Waals surface area contributed by atoms with Crippen molar-refractivity contribution in [1.29, 1.82) is 0 Å². The Bertz CT molecular complexity index is 420. The van der Waals surface area contributed by atoms with E-state index in [1.165, 1.54) is 18.2 Å². The van der Waals surface area contributed by atoms with Crippen LogP contribution in [-0.2, 0) is 15.3 Å². The van der Waals surface area contributed by atoms with Crippen LogP contribution in [-0.4, -0.2) is 19.6 Å². The second-order valence-corrected chi connectivity index (χ2v) is 5.86. The van der Waals surface area contributed by atoms with E-state index in [2.05, 4.69) is 4.52 Å². The molecular weight excluding hydrogens is 258 g/mol. The zero-order chi connectivity index (χ0) is 12.4. The van der Waals surface area contributed by atoms with Crippen molar-refractivity contribution >= 4 is 15.4 Å². The van der Waals surface area contributed by atoms with E-state index in [0.29, 0.717) is 0 Å². The third-order valence-corrected chi connectivity index (χ3v) is 2.74. The van der Waals surface area contributed by atoms with Gasteiger partial charge in [-0.05, 0) is 17.7 Å². The summed E-state index contributed by atoms with van der Waals surface area (Å²) in [5, 5.41) is 0. The summed E-state index contributed by atoms with van der Waals surface area (Å²) in [5.41, 5.74) is 0.235. The molecule has 0 aliphatic heterocycles. The zero-order valence-corrected chi connectivity index (χ0v) is 9.71. The van der Waals surface area contributed by atoms with Gasteiger partial charge in [-0.2, -0.15) is 0 Å². The van der Waals surface area contributed by atoms with Crippen LogP contribution in [0.1, 0.15) is 5.56 Å². The molecular formula is C7H10O7P2. The molecule has 16 heavy (non-hydrogen) atoms. The lowest BCUT2D eigenvalue weighted by Crippen LogP contribution is -1.92. The Labute approximate surface area is 91.1 Å². The fourth-order valence-electron chi connectivity index (χ4n) is 1.08. The Kier molecular flexibility index (Phi) is 3.91. The van der Waals surface area contributed by atoms with Crippen molar-refractivity contribution in [2.24, 2.45) is 0 Å². The number of phosphoric ester groups is 1. The maximum Gasteiger partial charge on any atom is 0.524 e. The molecule has 0 aliphatic carbocycles. The molecule has 4 N–H and O–H groups in total. The van der Waals surface area contributed by atoms with Gasteiger partial charge in [-0.1, -0.05) is 12.1 Å². The van der Waals surface area contributed by atoms with Gasteiger partial charge < -0.3 is 14.3 Å². The van der Waals surface area contributed by atoms with Gasteiger partial charge in [0, 0.05) is 0 Å². The summed E-state index contributed by atoms with van der Waals surface area (Å²) < 4.78 is 25.5. The van der Waals surface area contributed by atoms with Crippen molar-refractivity contribution in [2.75, 3.05) is 0 Å². The first-order chi connectivity index (χ1) is 7.16. The van der Waals surface area contributed by atoms with Gasteiger partial charge in [0.05, 0.1) is 6.16 Å². The Morgan fingerprint density at radius 2 is 1.75 bits per heavy atom. The predicted octanol–water partition coefficient (Wildman–Crippen LogP) is 0.836. The average Bonchev–Trinajstić information content (AvgIpc) is 1.96. The minimum atomic E-state index is -4.65. The number of hydrogen-bond acceptors (Lipinski definition) is 3. The van der Waals surface area contributed by atoms with E-state index in [1.807, 2.05) is 0 Å². The van der Waals surface area contributed by atoms with Crippen LogP contribution in [0.3, 0.4) is 0 Å². The fraction of sp³-hybridized carbons (Fsp3) is 0.143. The molecule has 0 amide bonds. The molecule has 0 heterocycles. The molecule has 0 saturated carbocycles. The summed E-state index contributed by atoms with van der Waals surface area (Å²) in [6, 6.07) is 5.25. The van der Waals surface area contributed by atoms with Crippen molar-refractivity contribution in [3.8, 4) is 5.75 Å². The molecule has 0 unspecified atom stereocenters. The number of benzene rings is 1. The zero-order valence-electron chi connectivity index (χ0n) is 7.92. The summed E-state index contributed by atoms with van der Waals surface area (Å²) in [6.45, 7) is 0. The average molecular weight is 268 g/mol. The third kappa shape index (κ3) is 5.42. The lowest BCUT2D eigenvalue weighted by molar-refractivity contribution is 0.283. The van der Waals surface area contributed by atoms with E-state index in [-0.39, 0.29) is 11.3 Å². The van der Waals surface area contributed by atoms with Gasteiger partial charge in [0.15, 0.2) is 0 Å². The summed E-state index contributed by atoms with van der Waals surface area (Å²) >= 11 is 0. The second kappa shape index (κ2) is 4.67. The molecule has 90 valence electrons. The first-order valence-corrected chi connectivity index (χ1v) is 7.37. The third-order valence-electron chi connectivity index (χ3n) is 1.51. The van der Waals surface area contributed by atoms with Gasteiger partial charge in [0.25, 0.3) is 0 Å². The second-order valence-electron chi connectivity index (χ2n) is 3.05. The minimum absolute atomic E-state index is 0.140. The number of hydrogen-bond donors (Lipinski definition) is 4. The van der Waals surface area contributed by atoms with Gasteiger partial charge in [0.2, 0.25) is 0 Å². The van der Waals surface area contributed by atoms with Crippen molar-refractivity contribution in [3.05, 3.63) is 29.8 Å². The van der Waals surface area contributed by atoms with Crippen LogP contribution in [0.15, 0.2) is 24.3 Å². The summed E-state index contributed by atoms with van der Waals surface area (Å²) in [7, 11) is -8.86. The summed E-state index contributed by atoms with van der Waals surface area (Å²) in [5.74, 6) is -0.140. The van der Waals surface area contributed by atoms with Crippen LogP contribution in [0.4, 0.5) is 0 Å². The minimum Gasteiger partial charge on any atom is -0.404 e. The molecule has 0 saturated heterocycles. The molecule has 0 radical (unpaired) electrons. The number of phosphoric acid groups is 1. The van der Waals surface area contributed by atoms with E-state index in [1.54, 1.807) is 0 Å². The van der Waals surface area contributed by atoms with Crippen LogP contribution < -0.4 is 4.52 Å². The molecule has 0 atom stereocenters. The molecule has 0 aliphatic rings. The van der Waals surface area contributed by atoms with E-state index < -0.39 is 21.6 Å². The van der Waals surface area contributed by atoms with E-state index in [9.17, 15) is 9.13 Å². The molecule has 1 aromatic carbocycles. The number of rotatable bonds is 4. The van der Waals surface area contributed by atoms with Crippen LogP contribution in [0.25, 0.3) is 0 Å². The fourth-order valence-corrected chi connectivity index (χ4v) is 2.14. The molecule has 1 aromatic rings. The maximum absolute atomic E-state index is 10.7.